The number of pyridine rings is 1. The molecule has 2 N–H and O–H groups in total. The zero-order valence-corrected chi connectivity index (χ0v) is 14.7. The van der Waals surface area contributed by atoms with E-state index in [4.69, 9.17) is 0 Å². The van der Waals surface area contributed by atoms with E-state index in [9.17, 15) is 23.9 Å². The molecule has 6 nitrogen and oxygen atoms in total. The SMILES string of the molecule is CCn1cc(C(=O)O)c(=O)c2cc(F)c(-c3ccc(NC(C)=O)cc3)cc21. The van der Waals surface area contributed by atoms with Crippen LogP contribution in [0.4, 0.5) is 10.1 Å². The second-order valence-corrected chi connectivity index (χ2v) is 6.07. The summed E-state index contributed by atoms with van der Waals surface area (Å²) >= 11 is 0. The van der Waals surface area contributed by atoms with Gasteiger partial charge < -0.3 is 15.0 Å². The summed E-state index contributed by atoms with van der Waals surface area (Å²) in [7, 11) is 0. The number of amides is 1. The maximum absolute atomic E-state index is 14.7. The second kappa shape index (κ2) is 7.03. The molecule has 0 saturated heterocycles. The second-order valence-electron chi connectivity index (χ2n) is 6.07. The summed E-state index contributed by atoms with van der Waals surface area (Å²) in [5.41, 5.74) is 0.783. The Morgan fingerprint density at radius 3 is 2.41 bits per heavy atom. The van der Waals surface area contributed by atoms with Crippen LogP contribution in [-0.4, -0.2) is 21.6 Å². The molecule has 1 heterocycles. The van der Waals surface area contributed by atoms with E-state index in [0.717, 1.165) is 6.07 Å². The Balaban J connectivity index is 2.19. The molecule has 0 radical (unpaired) electrons. The summed E-state index contributed by atoms with van der Waals surface area (Å²) in [4.78, 5) is 34.8. The van der Waals surface area contributed by atoms with Crippen molar-refractivity contribution >= 4 is 28.5 Å². The number of aromatic nitrogens is 1. The highest BCUT2D eigenvalue weighted by Gasteiger charge is 2.17. The molecule has 0 atom stereocenters. The zero-order chi connectivity index (χ0) is 19.7. The van der Waals surface area contributed by atoms with Crippen LogP contribution in [0.5, 0.6) is 0 Å². The van der Waals surface area contributed by atoms with Gasteiger partial charge in [-0.05, 0) is 36.8 Å². The average molecular weight is 368 g/mol. The summed E-state index contributed by atoms with van der Waals surface area (Å²) in [6, 6.07) is 9.24. The summed E-state index contributed by atoms with van der Waals surface area (Å²) in [5, 5.41) is 11.9. The molecule has 1 amide bonds. The molecule has 138 valence electrons. The molecule has 27 heavy (non-hydrogen) atoms. The van der Waals surface area contributed by atoms with Gasteiger partial charge in [0.15, 0.2) is 0 Å². The number of carboxylic acids is 1. The summed E-state index contributed by atoms with van der Waals surface area (Å²) < 4.78 is 16.3. The highest BCUT2D eigenvalue weighted by Crippen LogP contribution is 2.28. The summed E-state index contributed by atoms with van der Waals surface area (Å²) in [6.45, 7) is 3.62. The van der Waals surface area contributed by atoms with Gasteiger partial charge >= 0.3 is 5.97 Å². The van der Waals surface area contributed by atoms with Gasteiger partial charge in [0.05, 0.1) is 5.52 Å². The lowest BCUT2D eigenvalue weighted by molar-refractivity contribution is -0.114. The monoisotopic (exact) mass is 368 g/mol. The third-order valence-electron chi connectivity index (χ3n) is 4.26. The number of carbonyl (C=O) groups excluding carboxylic acids is 1. The number of benzene rings is 2. The number of carboxylic acid groups (broad SMARTS) is 1. The van der Waals surface area contributed by atoms with Crippen molar-refractivity contribution in [3.05, 3.63) is 64.2 Å². The first-order valence-corrected chi connectivity index (χ1v) is 8.29. The van der Waals surface area contributed by atoms with Crippen molar-refractivity contribution in [2.75, 3.05) is 5.32 Å². The number of hydrogen-bond acceptors (Lipinski definition) is 3. The van der Waals surface area contributed by atoms with Gasteiger partial charge in [0.2, 0.25) is 11.3 Å². The van der Waals surface area contributed by atoms with Gasteiger partial charge in [-0.15, -0.1) is 0 Å². The first-order chi connectivity index (χ1) is 12.8. The van der Waals surface area contributed by atoms with Crippen molar-refractivity contribution in [2.45, 2.75) is 20.4 Å². The largest absolute Gasteiger partial charge is 0.477 e. The predicted molar refractivity (Wildman–Crippen MR) is 101 cm³/mol. The molecular formula is C20H17FN2O4. The van der Waals surface area contributed by atoms with E-state index in [1.807, 2.05) is 0 Å². The van der Waals surface area contributed by atoms with Crippen LogP contribution in [0.2, 0.25) is 0 Å². The molecule has 0 bridgehead atoms. The lowest BCUT2D eigenvalue weighted by Gasteiger charge is -2.13. The van der Waals surface area contributed by atoms with E-state index < -0.39 is 22.8 Å². The molecule has 0 saturated carbocycles. The van der Waals surface area contributed by atoms with Crippen molar-refractivity contribution in [1.29, 1.82) is 0 Å². The van der Waals surface area contributed by atoms with E-state index in [-0.39, 0.29) is 16.9 Å². The fourth-order valence-corrected chi connectivity index (χ4v) is 2.98. The Morgan fingerprint density at radius 2 is 1.85 bits per heavy atom. The molecular weight excluding hydrogens is 351 g/mol. The fraction of sp³-hybridized carbons (Fsp3) is 0.150. The topological polar surface area (TPSA) is 88.4 Å². The first-order valence-electron chi connectivity index (χ1n) is 8.29. The van der Waals surface area contributed by atoms with E-state index in [2.05, 4.69) is 5.32 Å². The zero-order valence-electron chi connectivity index (χ0n) is 14.7. The number of nitrogens with zero attached hydrogens (tertiary/aromatic N) is 1. The first kappa shape index (κ1) is 18.3. The maximum atomic E-state index is 14.7. The van der Waals surface area contributed by atoms with Crippen molar-refractivity contribution in [1.82, 2.24) is 4.57 Å². The molecule has 0 spiro atoms. The van der Waals surface area contributed by atoms with Gasteiger partial charge in [0, 0.05) is 36.3 Å². The Morgan fingerprint density at radius 1 is 1.19 bits per heavy atom. The number of fused-ring (bicyclic) bond motifs is 1. The third kappa shape index (κ3) is 3.44. The molecule has 0 aliphatic heterocycles. The van der Waals surface area contributed by atoms with Crippen LogP contribution in [-0.2, 0) is 11.3 Å². The fourth-order valence-electron chi connectivity index (χ4n) is 2.98. The number of carbonyl (C=O) groups is 2. The Bertz CT molecular complexity index is 1120. The van der Waals surface area contributed by atoms with Gasteiger partial charge in [-0.3, -0.25) is 9.59 Å². The molecule has 1 aromatic heterocycles. The van der Waals surface area contributed by atoms with E-state index in [1.54, 1.807) is 35.8 Å². The Kier molecular flexibility index (Phi) is 4.77. The number of halogens is 1. The highest BCUT2D eigenvalue weighted by molar-refractivity contribution is 5.94. The molecule has 3 aromatic rings. The van der Waals surface area contributed by atoms with Gasteiger partial charge in [-0.25, -0.2) is 9.18 Å². The van der Waals surface area contributed by atoms with Crippen molar-refractivity contribution in [2.24, 2.45) is 0 Å². The predicted octanol–water partition coefficient (Wildman–Crippen LogP) is 3.48. The summed E-state index contributed by atoms with van der Waals surface area (Å²) in [5.74, 6) is -2.18. The number of aromatic carboxylic acids is 1. The van der Waals surface area contributed by atoms with Gasteiger partial charge in [0.25, 0.3) is 0 Å². The summed E-state index contributed by atoms with van der Waals surface area (Å²) in [6.07, 6.45) is 1.27. The molecule has 0 unspecified atom stereocenters. The van der Waals surface area contributed by atoms with Crippen LogP contribution in [0.25, 0.3) is 22.0 Å². The standard InChI is InChI=1S/C20H17FN2O4/c1-3-23-10-16(20(26)27)19(25)15-8-17(21)14(9-18(15)23)12-4-6-13(7-5-12)22-11(2)24/h4-10H,3H2,1-2H3,(H,22,24)(H,26,27). The van der Waals surface area contributed by atoms with Crippen LogP contribution in [0.1, 0.15) is 24.2 Å². The number of hydrogen-bond donors (Lipinski definition) is 2. The van der Waals surface area contributed by atoms with E-state index in [0.29, 0.717) is 23.3 Å². The number of nitrogens with one attached hydrogen (secondary N) is 1. The normalized spacial score (nSPS) is 10.8. The minimum absolute atomic E-state index is 0.0212. The van der Waals surface area contributed by atoms with E-state index >= 15 is 0 Å². The Labute approximate surface area is 153 Å². The highest BCUT2D eigenvalue weighted by atomic mass is 19.1. The van der Waals surface area contributed by atoms with Crippen LogP contribution in [0.3, 0.4) is 0 Å². The lowest BCUT2D eigenvalue weighted by Crippen LogP contribution is -2.19. The smallest absolute Gasteiger partial charge is 0.341 e. The maximum Gasteiger partial charge on any atom is 0.341 e. The third-order valence-corrected chi connectivity index (χ3v) is 4.26. The molecule has 3 rings (SSSR count). The number of aryl methyl sites for hydroxylation is 1. The molecule has 0 aliphatic rings. The number of anilines is 1. The number of rotatable bonds is 4. The van der Waals surface area contributed by atoms with Crippen LogP contribution in [0.15, 0.2) is 47.4 Å². The minimum atomic E-state index is -1.35. The van der Waals surface area contributed by atoms with Crippen molar-refractivity contribution in [3.63, 3.8) is 0 Å². The average Bonchev–Trinajstić information content (AvgIpc) is 2.62. The van der Waals surface area contributed by atoms with Crippen LogP contribution < -0.4 is 10.7 Å². The quantitative estimate of drug-likeness (QED) is 0.738. The molecule has 0 aliphatic carbocycles. The van der Waals surface area contributed by atoms with Crippen molar-refractivity contribution in [3.8, 4) is 11.1 Å². The van der Waals surface area contributed by atoms with Gasteiger partial charge in [0.1, 0.15) is 11.4 Å². The lowest BCUT2D eigenvalue weighted by atomic mass is 10.0. The van der Waals surface area contributed by atoms with Gasteiger partial charge in [-0.2, -0.15) is 0 Å². The van der Waals surface area contributed by atoms with Crippen LogP contribution in [0, 0.1) is 5.82 Å². The minimum Gasteiger partial charge on any atom is -0.477 e. The Hall–Kier alpha value is -3.48. The molecule has 0 fully saturated rings. The van der Waals surface area contributed by atoms with Crippen LogP contribution >= 0.6 is 0 Å². The van der Waals surface area contributed by atoms with E-state index in [1.165, 1.54) is 19.2 Å². The van der Waals surface area contributed by atoms with Crippen molar-refractivity contribution < 1.29 is 19.1 Å². The van der Waals surface area contributed by atoms with Gasteiger partial charge in [-0.1, -0.05) is 12.1 Å². The molecule has 2 aromatic carbocycles. The molecule has 7 heteroatoms.